The average Bonchev–Trinajstić information content (AvgIpc) is 3.11. The summed E-state index contributed by atoms with van der Waals surface area (Å²) in [7, 11) is 0.844. The first-order valence-corrected chi connectivity index (χ1v) is 9.68. The van der Waals surface area contributed by atoms with Crippen LogP contribution in [0.3, 0.4) is 0 Å². The number of fused-ring (bicyclic) bond motifs is 1. The Labute approximate surface area is 156 Å². The molecule has 0 aromatic carbocycles. The molecule has 1 fully saturated rings. The van der Waals surface area contributed by atoms with Gasteiger partial charge in [-0.05, 0) is 6.07 Å². The number of Topliss-reactive ketones (excluding diaryl/α,β-unsaturated/α-hetero) is 1. The third-order valence-corrected chi connectivity index (χ3v) is 6.45. The van der Waals surface area contributed by atoms with Crippen molar-refractivity contribution < 1.29 is 22.7 Å². The van der Waals surface area contributed by atoms with Gasteiger partial charge >= 0.3 is 0 Å². The number of amides is 1. The normalized spacial score (nSPS) is 16.1. The van der Waals surface area contributed by atoms with E-state index in [4.69, 9.17) is 4.74 Å². The van der Waals surface area contributed by atoms with Crippen LogP contribution in [0.2, 0.25) is 0 Å². The number of aromatic amines is 1. The number of piperazine rings is 1. The fourth-order valence-electron chi connectivity index (χ4n) is 2.99. The van der Waals surface area contributed by atoms with Crippen molar-refractivity contribution in [1.29, 1.82) is 0 Å². The van der Waals surface area contributed by atoms with Crippen LogP contribution in [0.4, 0.5) is 0 Å². The lowest BCUT2D eigenvalue weighted by molar-refractivity contribution is -0.127. The maximum atomic E-state index is 12.7. The summed E-state index contributed by atoms with van der Waals surface area (Å²) >= 11 is 0. The van der Waals surface area contributed by atoms with E-state index < -0.39 is 21.9 Å². The van der Waals surface area contributed by atoms with Crippen molar-refractivity contribution >= 4 is 32.9 Å². The van der Waals surface area contributed by atoms with Crippen molar-refractivity contribution in [2.45, 2.75) is 0 Å². The summed E-state index contributed by atoms with van der Waals surface area (Å²) in [6.45, 7) is 0.571. The molecule has 0 radical (unpaired) electrons. The standard InChI is InChI=1S/C16H21N5O5S/c1-19(2)27(24,25)21-8-6-20(7-9-21)16(23)14(22)11-10-18-15-13(11)12(26-3)4-5-17-15/h4-5,10H,6-9H2,1-3H3,(H,17,18). The predicted molar refractivity (Wildman–Crippen MR) is 97.7 cm³/mol. The number of nitrogens with zero attached hydrogens (tertiary/aromatic N) is 4. The van der Waals surface area contributed by atoms with E-state index in [0.29, 0.717) is 16.8 Å². The molecule has 1 amide bonds. The van der Waals surface area contributed by atoms with Crippen LogP contribution in [0.1, 0.15) is 10.4 Å². The summed E-state index contributed by atoms with van der Waals surface area (Å²) in [6.07, 6.45) is 2.98. The minimum absolute atomic E-state index is 0.137. The third kappa shape index (κ3) is 3.40. The third-order valence-electron chi connectivity index (χ3n) is 4.51. The maximum Gasteiger partial charge on any atom is 0.295 e. The van der Waals surface area contributed by atoms with Crippen molar-refractivity contribution in [2.75, 3.05) is 47.4 Å². The Morgan fingerprint density at radius 2 is 1.89 bits per heavy atom. The average molecular weight is 395 g/mol. The number of rotatable bonds is 5. The maximum absolute atomic E-state index is 12.7. The van der Waals surface area contributed by atoms with E-state index in [9.17, 15) is 18.0 Å². The smallest absolute Gasteiger partial charge is 0.295 e. The van der Waals surface area contributed by atoms with Gasteiger partial charge < -0.3 is 14.6 Å². The Morgan fingerprint density at radius 3 is 2.48 bits per heavy atom. The van der Waals surface area contributed by atoms with E-state index in [-0.39, 0.29) is 31.7 Å². The molecule has 3 heterocycles. The molecule has 0 atom stereocenters. The summed E-state index contributed by atoms with van der Waals surface area (Å²) in [5, 5.41) is 0.451. The lowest BCUT2D eigenvalue weighted by Crippen LogP contribution is -2.54. The van der Waals surface area contributed by atoms with Crippen LogP contribution in [0, 0.1) is 0 Å². The van der Waals surface area contributed by atoms with Gasteiger partial charge in [0.2, 0.25) is 0 Å². The first kappa shape index (κ1) is 19.3. The molecule has 1 saturated heterocycles. The SMILES string of the molecule is COc1ccnc2[nH]cc(C(=O)C(=O)N3CCN(S(=O)(=O)N(C)C)CC3)c12. The minimum atomic E-state index is -3.54. The molecule has 11 heteroatoms. The van der Waals surface area contributed by atoms with Crippen molar-refractivity contribution in [3.63, 3.8) is 0 Å². The molecular formula is C16H21N5O5S. The number of H-pyrrole nitrogens is 1. The number of pyridine rings is 1. The highest BCUT2D eigenvalue weighted by Gasteiger charge is 2.33. The molecule has 0 saturated carbocycles. The second kappa shape index (κ2) is 7.25. The topological polar surface area (TPSA) is 116 Å². The van der Waals surface area contributed by atoms with E-state index >= 15 is 0 Å². The second-order valence-electron chi connectivity index (χ2n) is 6.25. The predicted octanol–water partition coefficient (Wildman–Crippen LogP) is -0.295. The molecule has 0 bridgehead atoms. The highest BCUT2D eigenvalue weighted by molar-refractivity contribution is 7.86. The quantitative estimate of drug-likeness (QED) is 0.549. The number of nitrogens with one attached hydrogen (secondary N) is 1. The van der Waals surface area contributed by atoms with E-state index in [2.05, 4.69) is 9.97 Å². The van der Waals surface area contributed by atoms with E-state index in [1.54, 1.807) is 6.07 Å². The molecule has 0 spiro atoms. The summed E-state index contributed by atoms with van der Waals surface area (Å²) in [5.74, 6) is -0.917. The number of hydrogen-bond acceptors (Lipinski definition) is 6. The van der Waals surface area contributed by atoms with Crippen LogP contribution in [0.5, 0.6) is 5.75 Å². The fourth-order valence-corrected chi connectivity index (χ4v) is 4.07. The zero-order chi connectivity index (χ0) is 19.8. The van der Waals surface area contributed by atoms with Crippen LogP contribution < -0.4 is 4.74 Å². The monoisotopic (exact) mass is 395 g/mol. The van der Waals surface area contributed by atoms with Gasteiger partial charge in [0.1, 0.15) is 11.4 Å². The van der Waals surface area contributed by atoms with Crippen molar-refractivity contribution in [3.8, 4) is 5.75 Å². The summed E-state index contributed by atoms with van der Waals surface area (Å²) < 4.78 is 32.0. The molecule has 27 heavy (non-hydrogen) atoms. The van der Waals surface area contributed by atoms with E-state index in [0.717, 1.165) is 4.31 Å². The molecular weight excluding hydrogens is 374 g/mol. The number of ether oxygens (including phenoxy) is 1. The van der Waals surface area contributed by atoms with Crippen molar-refractivity contribution in [3.05, 3.63) is 24.0 Å². The molecule has 1 aliphatic heterocycles. The molecule has 10 nitrogen and oxygen atoms in total. The molecule has 1 aliphatic rings. The summed E-state index contributed by atoms with van der Waals surface area (Å²) in [5.41, 5.74) is 0.635. The number of methoxy groups -OCH3 is 1. The molecule has 3 rings (SSSR count). The molecule has 0 aliphatic carbocycles. The first-order valence-electron chi connectivity index (χ1n) is 8.28. The first-order chi connectivity index (χ1) is 12.8. The number of carbonyl (C=O) groups excluding carboxylic acids is 2. The van der Waals surface area contributed by atoms with Gasteiger partial charge in [0, 0.05) is 52.7 Å². The van der Waals surface area contributed by atoms with Gasteiger partial charge in [-0.1, -0.05) is 0 Å². The molecule has 2 aromatic heterocycles. The van der Waals surface area contributed by atoms with Gasteiger partial charge in [-0.25, -0.2) is 4.98 Å². The summed E-state index contributed by atoms with van der Waals surface area (Å²) in [6, 6.07) is 1.61. The van der Waals surface area contributed by atoms with Crippen LogP contribution in [0.25, 0.3) is 11.0 Å². The Bertz CT molecular complexity index is 976. The molecule has 146 valence electrons. The highest BCUT2D eigenvalue weighted by Crippen LogP contribution is 2.27. The number of hydrogen-bond donors (Lipinski definition) is 1. The zero-order valence-electron chi connectivity index (χ0n) is 15.3. The van der Waals surface area contributed by atoms with Crippen LogP contribution in [-0.2, 0) is 15.0 Å². The van der Waals surface area contributed by atoms with Crippen molar-refractivity contribution in [2.24, 2.45) is 0 Å². The van der Waals surface area contributed by atoms with Crippen LogP contribution in [0.15, 0.2) is 18.5 Å². The lowest BCUT2D eigenvalue weighted by Gasteiger charge is -2.34. The molecule has 2 aromatic rings. The second-order valence-corrected chi connectivity index (χ2v) is 8.39. The number of aromatic nitrogens is 2. The van der Waals surface area contributed by atoms with E-state index in [1.807, 2.05) is 0 Å². The largest absolute Gasteiger partial charge is 0.496 e. The number of ketones is 1. The van der Waals surface area contributed by atoms with Crippen LogP contribution in [-0.4, -0.2) is 91.0 Å². The number of carbonyl (C=O) groups is 2. The van der Waals surface area contributed by atoms with Gasteiger partial charge in [-0.3, -0.25) is 9.59 Å². The van der Waals surface area contributed by atoms with Crippen molar-refractivity contribution in [1.82, 2.24) is 23.5 Å². The Hall–Kier alpha value is -2.50. The lowest BCUT2D eigenvalue weighted by atomic mass is 10.1. The van der Waals surface area contributed by atoms with Gasteiger partial charge in [-0.15, -0.1) is 0 Å². The van der Waals surface area contributed by atoms with Gasteiger partial charge in [0.25, 0.3) is 21.9 Å². The summed E-state index contributed by atoms with van der Waals surface area (Å²) in [4.78, 5) is 33.8. The molecule has 1 N–H and O–H groups in total. The zero-order valence-corrected chi connectivity index (χ0v) is 16.1. The fraction of sp³-hybridized carbons (Fsp3) is 0.438. The van der Waals surface area contributed by atoms with Gasteiger partial charge in [-0.2, -0.15) is 17.0 Å². The minimum Gasteiger partial charge on any atom is -0.496 e. The Balaban J connectivity index is 1.77. The van der Waals surface area contributed by atoms with Gasteiger partial charge in [0.15, 0.2) is 0 Å². The van der Waals surface area contributed by atoms with Crippen LogP contribution >= 0.6 is 0 Å². The van der Waals surface area contributed by atoms with E-state index in [1.165, 1.54) is 42.8 Å². The van der Waals surface area contributed by atoms with Gasteiger partial charge in [0.05, 0.1) is 18.1 Å². The Kier molecular flexibility index (Phi) is 5.18. The Morgan fingerprint density at radius 1 is 1.22 bits per heavy atom. The molecule has 0 unspecified atom stereocenters. The highest BCUT2D eigenvalue weighted by atomic mass is 32.2.